The van der Waals surface area contributed by atoms with Crippen molar-refractivity contribution in [2.45, 2.75) is 44.6 Å². The van der Waals surface area contributed by atoms with Gasteiger partial charge in [0, 0.05) is 44.1 Å². The SMILES string of the molecule is N=C(c1ccc(C2=NOC(C(=O)N3CCC(C(=O)C(=O)O)CC3)C2)cc1)N1CCCCC1. The van der Waals surface area contributed by atoms with E-state index in [9.17, 15) is 14.4 Å². The van der Waals surface area contributed by atoms with Crippen molar-refractivity contribution in [3.05, 3.63) is 35.4 Å². The fourth-order valence-corrected chi connectivity index (χ4v) is 4.54. The van der Waals surface area contributed by atoms with Crippen LogP contribution in [-0.2, 0) is 19.2 Å². The third kappa shape index (κ3) is 4.66. The van der Waals surface area contributed by atoms with Crippen molar-refractivity contribution in [2.75, 3.05) is 26.2 Å². The predicted octanol–water partition coefficient (Wildman–Crippen LogP) is 1.88. The summed E-state index contributed by atoms with van der Waals surface area (Å²) in [6.07, 6.45) is 3.82. The standard InChI is InChI=1S/C23H28N4O5/c24-21(26-10-2-1-3-11-26)17-6-4-15(5-7-17)18-14-19(32-25-18)22(29)27-12-8-16(9-13-27)20(28)23(30)31/h4-7,16,19,24H,1-3,8-14H2,(H,30,31). The molecule has 0 saturated carbocycles. The molecule has 1 unspecified atom stereocenters. The Kier molecular flexibility index (Phi) is 6.53. The quantitative estimate of drug-likeness (QED) is 0.409. The maximum absolute atomic E-state index is 12.8. The van der Waals surface area contributed by atoms with Gasteiger partial charge in [-0.15, -0.1) is 0 Å². The number of hydrogen-bond acceptors (Lipinski definition) is 6. The van der Waals surface area contributed by atoms with E-state index < -0.39 is 23.8 Å². The van der Waals surface area contributed by atoms with E-state index in [-0.39, 0.29) is 5.91 Å². The van der Waals surface area contributed by atoms with E-state index in [4.69, 9.17) is 15.4 Å². The highest BCUT2D eigenvalue weighted by Crippen LogP contribution is 2.23. The lowest BCUT2D eigenvalue weighted by atomic mass is 9.92. The monoisotopic (exact) mass is 440 g/mol. The number of rotatable bonds is 5. The van der Waals surface area contributed by atoms with Gasteiger partial charge in [-0.25, -0.2) is 4.79 Å². The number of carboxylic acid groups (broad SMARTS) is 1. The zero-order valence-corrected chi connectivity index (χ0v) is 18.0. The van der Waals surface area contributed by atoms with Gasteiger partial charge in [0.05, 0.1) is 5.71 Å². The number of ketones is 1. The average molecular weight is 441 g/mol. The second-order valence-electron chi connectivity index (χ2n) is 8.58. The van der Waals surface area contributed by atoms with Crippen molar-refractivity contribution in [3.63, 3.8) is 0 Å². The van der Waals surface area contributed by atoms with E-state index in [1.807, 2.05) is 24.3 Å². The molecule has 0 spiro atoms. The lowest BCUT2D eigenvalue weighted by Crippen LogP contribution is -2.45. The van der Waals surface area contributed by atoms with E-state index in [0.29, 0.717) is 43.9 Å². The number of Topliss-reactive ketones (excluding diaryl/α,β-unsaturated/α-hetero) is 1. The van der Waals surface area contributed by atoms with E-state index in [1.165, 1.54) is 6.42 Å². The molecule has 1 amide bonds. The molecular formula is C23H28N4O5. The van der Waals surface area contributed by atoms with Crippen LogP contribution in [0.5, 0.6) is 0 Å². The molecule has 32 heavy (non-hydrogen) atoms. The summed E-state index contributed by atoms with van der Waals surface area (Å²) in [5.74, 6) is -2.37. The minimum absolute atomic E-state index is 0.187. The number of benzene rings is 1. The van der Waals surface area contributed by atoms with Gasteiger partial charge in [0.2, 0.25) is 11.9 Å². The van der Waals surface area contributed by atoms with Crippen molar-refractivity contribution in [1.29, 1.82) is 5.41 Å². The Hall–Kier alpha value is -3.23. The summed E-state index contributed by atoms with van der Waals surface area (Å²) in [4.78, 5) is 44.4. The van der Waals surface area contributed by atoms with Crippen LogP contribution >= 0.6 is 0 Å². The van der Waals surface area contributed by atoms with Crippen LogP contribution in [0, 0.1) is 11.3 Å². The number of nitrogens with one attached hydrogen (secondary N) is 1. The number of oxime groups is 1. The number of aliphatic carboxylic acids is 1. The molecule has 2 fully saturated rings. The Morgan fingerprint density at radius 3 is 2.25 bits per heavy atom. The maximum atomic E-state index is 12.8. The van der Waals surface area contributed by atoms with E-state index in [1.54, 1.807) is 4.90 Å². The molecule has 0 radical (unpaired) electrons. The second-order valence-corrected chi connectivity index (χ2v) is 8.58. The Labute approximate surface area is 186 Å². The molecular weight excluding hydrogens is 412 g/mol. The van der Waals surface area contributed by atoms with Crippen molar-refractivity contribution >= 4 is 29.2 Å². The van der Waals surface area contributed by atoms with E-state index in [0.717, 1.165) is 37.1 Å². The van der Waals surface area contributed by atoms with Crippen LogP contribution in [0.25, 0.3) is 0 Å². The topological polar surface area (TPSA) is 123 Å². The fraction of sp³-hybridized carbons (Fsp3) is 0.522. The highest BCUT2D eigenvalue weighted by molar-refractivity contribution is 6.33. The number of likely N-dealkylation sites (tertiary alicyclic amines) is 2. The summed E-state index contributed by atoms with van der Waals surface area (Å²) in [6.45, 7) is 2.52. The lowest BCUT2D eigenvalue weighted by Gasteiger charge is -2.31. The first-order valence-electron chi connectivity index (χ1n) is 11.2. The van der Waals surface area contributed by atoms with Gasteiger partial charge >= 0.3 is 5.97 Å². The highest BCUT2D eigenvalue weighted by atomic mass is 16.6. The molecule has 9 nitrogen and oxygen atoms in total. The molecule has 4 rings (SSSR count). The zero-order valence-electron chi connectivity index (χ0n) is 18.0. The number of amides is 1. The number of carbonyl (C=O) groups excluding carboxylic acids is 2. The molecule has 1 aromatic carbocycles. The van der Waals surface area contributed by atoms with Gasteiger partial charge in [-0.2, -0.15) is 0 Å². The largest absolute Gasteiger partial charge is 0.475 e. The van der Waals surface area contributed by atoms with Gasteiger partial charge in [-0.3, -0.25) is 15.0 Å². The van der Waals surface area contributed by atoms with Crippen LogP contribution in [0.15, 0.2) is 29.4 Å². The molecule has 1 atom stereocenters. The van der Waals surface area contributed by atoms with Crippen LogP contribution in [0.2, 0.25) is 0 Å². The smallest absolute Gasteiger partial charge is 0.372 e. The Balaban J connectivity index is 1.30. The molecule has 0 aromatic heterocycles. The number of amidine groups is 1. The molecule has 2 N–H and O–H groups in total. The van der Waals surface area contributed by atoms with Crippen LogP contribution in [0.1, 0.15) is 49.7 Å². The third-order valence-corrected chi connectivity index (χ3v) is 6.50. The van der Waals surface area contributed by atoms with Crippen LogP contribution in [0.4, 0.5) is 0 Å². The van der Waals surface area contributed by atoms with Gasteiger partial charge in [-0.05, 0) is 37.7 Å². The first-order chi connectivity index (χ1) is 15.4. The van der Waals surface area contributed by atoms with E-state index in [2.05, 4.69) is 10.1 Å². The Bertz CT molecular complexity index is 928. The number of carbonyl (C=O) groups is 3. The molecule has 2 saturated heterocycles. The van der Waals surface area contributed by atoms with Crippen LogP contribution in [-0.4, -0.2) is 76.4 Å². The first-order valence-corrected chi connectivity index (χ1v) is 11.2. The molecule has 170 valence electrons. The Morgan fingerprint density at radius 1 is 0.969 bits per heavy atom. The lowest BCUT2D eigenvalue weighted by molar-refractivity contribution is -0.152. The predicted molar refractivity (Wildman–Crippen MR) is 117 cm³/mol. The van der Waals surface area contributed by atoms with Gasteiger partial charge in [0.1, 0.15) is 5.84 Å². The van der Waals surface area contributed by atoms with Crippen molar-refractivity contribution < 1.29 is 24.3 Å². The summed E-state index contributed by atoms with van der Waals surface area (Å²) >= 11 is 0. The van der Waals surface area contributed by atoms with Gasteiger partial charge in [0.25, 0.3) is 5.91 Å². The zero-order chi connectivity index (χ0) is 22.7. The third-order valence-electron chi connectivity index (χ3n) is 6.50. The number of nitrogens with zero attached hydrogens (tertiary/aromatic N) is 3. The normalized spacial score (nSPS) is 21.6. The summed E-state index contributed by atoms with van der Waals surface area (Å²) < 4.78 is 0. The minimum atomic E-state index is -1.41. The highest BCUT2D eigenvalue weighted by Gasteiger charge is 2.36. The number of hydrogen-bond donors (Lipinski definition) is 2. The molecule has 3 aliphatic rings. The number of piperidine rings is 2. The fourth-order valence-electron chi connectivity index (χ4n) is 4.54. The molecule has 3 aliphatic heterocycles. The van der Waals surface area contributed by atoms with Gasteiger partial charge < -0.3 is 19.7 Å². The first kappa shape index (κ1) is 22.0. The van der Waals surface area contributed by atoms with Crippen molar-refractivity contribution in [1.82, 2.24) is 9.80 Å². The molecule has 1 aromatic rings. The average Bonchev–Trinajstić information content (AvgIpc) is 3.34. The molecule has 3 heterocycles. The summed E-state index contributed by atoms with van der Waals surface area (Å²) in [5, 5.41) is 21.4. The van der Waals surface area contributed by atoms with Crippen molar-refractivity contribution in [3.8, 4) is 0 Å². The summed E-state index contributed by atoms with van der Waals surface area (Å²) in [5.41, 5.74) is 2.41. The van der Waals surface area contributed by atoms with Gasteiger partial charge in [0.15, 0.2) is 0 Å². The molecule has 9 heteroatoms. The maximum Gasteiger partial charge on any atom is 0.372 e. The van der Waals surface area contributed by atoms with E-state index >= 15 is 0 Å². The second kappa shape index (κ2) is 9.50. The van der Waals surface area contributed by atoms with Crippen LogP contribution < -0.4 is 0 Å². The summed E-state index contributed by atoms with van der Waals surface area (Å²) in [7, 11) is 0. The van der Waals surface area contributed by atoms with Crippen LogP contribution in [0.3, 0.4) is 0 Å². The van der Waals surface area contributed by atoms with Crippen molar-refractivity contribution in [2.24, 2.45) is 11.1 Å². The minimum Gasteiger partial charge on any atom is -0.475 e. The molecule has 0 bridgehead atoms. The summed E-state index contributed by atoms with van der Waals surface area (Å²) in [6, 6.07) is 7.64. The number of carboxylic acids is 1. The van der Waals surface area contributed by atoms with Gasteiger partial charge in [-0.1, -0.05) is 29.4 Å². The Morgan fingerprint density at radius 2 is 1.62 bits per heavy atom. The molecule has 0 aliphatic carbocycles.